The summed E-state index contributed by atoms with van der Waals surface area (Å²) in [7, 11) is 1.95. The number of hydrogen-bond acceptors (Lipinski definition) is 3. The zero-order valence-corrected chi connectivity index (χ0v) is 7.37. The van der Waals surface area contributed by atoms with Gasteiger partial charge in [0.25, 0.3) is 0 Å². The topological polar surface area (TPSA) is 29.3 Å². The molecule has 0 spiro atoms. The number of aromatic nitrogens is 1. The van der Waals surface area contributed by atoms with Crippen molar-refractivity contribution in [2.24, 2.45) is 0 Å². The third-order valence-corrected chi connectivity index (χ3v) is 1.47. The van der Waals surface area contributed by atoms with E-state index in [1.54, 1.807) is 0 Å². The van der Waals surface area contributed by atoms with Crippen LogP contribution in [-0.4, -0.2) is 23.6 Å². The summed E-state index contributed by atoms with van der Waals surface area (Å²) in [6.45, 7) is 3.24. The van der Waals surface area contributed by atoms with Crippen molar-refractivity contribution in [2.75, 3.05) is 13.6 Å². The van der Waals surface area contributed by atoms with Crippen LogP contribution in [0.15, 0.2) is 10.6 Å². The fourth-order valence-electron chi connectivity index (χ4n) is 0.981. The Hall–Kier alpha value is -1.27. The summed E-state index contributed by atoms with van der Waals surface area (Å²) in [5.74, 6) is 3.39. The summed E-state index contributed by atoms with van der Waals surface area (Å²) in [6, 6.07) is 1.91. The minimum atomic E-state index is 0.631. The molecule has 0 saturated carbocycles. The van der Waals surface area contributed by atoms with Gasteiger partial charge in [0.15, 0.2) is 0 Å². The van der Waals surface area contributed by atoms with E-state index in [1.165, 1.54) is 0 Å². The first-order chi connectivity index (χ1) is 5.72. The van der Waals surface area contributed by atoms with E-state index in [0.29, 0.717) is 6.54 Å². The molecule has 1 heterocycles. The maximum absolute atomic E-state index is 5.15. The van der Waals surface area contributed by atoms with E-state index in [2.05, 4.69) is 11.1 Å². The molecular formula is C9H12N2O. The highest BCUT2D eigenvalue weighted by Crippen LogP contribution is 2.03. The molecule has 0 atom stereocenters. The molecule has 64 valence electrons. The van der Waals surface area contributed by atoms with Gasteiger partial charge >= 0.3 is 0 Å². The number of nitrogens with zero attached hydrogens (tertiary/aromatic N) is 2. The van der Waals surface area contributed by atoms with Crippen molar-refractivity contribution in [2.45, 2.75) is 13.5 Å². The Bertz CT molecular complexity index is 285. The zero-order valence-electron chi connectivity index (χ0n) is 7.37. The summed E-state index contributed by atoms with van der Waals surface area (Å²) in [4.78, 5) is 2.00. The Balaban J connectivity index is 2.47. The molecule has 0 radical (unpaired) electrons. The average Bonchev–Trinajstić information content (AvgIpc) is 2.36. The molecule has 0 aliphatic rings. The highest BCUT2D eigenvalue weighted by Gasteiger charge is 2.02. The number of terminal acetylenes is 1. The van der Waals surface area contributed by atoms with Crippen LogP contribution >= 0.6 is 0 Å². The molecule has 0 aliphatic heterocycles. The zero-order chi connectivity index (χ0) is 8.97. The van der Waals surface area contributed by atoms with Gasteiger partial charge in [-0.15, -0.1) is 6.42 Å². The van der Waals surface area contributed by atoms with Crippen LogP contribution in [0.5, 0.6) is 0 Å². The first-order valence-electron chi connectivity index (χ1n) is 3.76. The van der Waals surface area contributed by atoms with Gasteiger partial charge in [0.05, 0.1) is 12.2 Å². The van der Waals surface area contributed by atoms with Crippen LogP contribution in [-0.2, 0) is 6.54 Å². The van der Waals surface area contributed by atoms with Gasteiger partial charge in [0.2, 0.25) is 0 Å². The molecular weight excluding hydrogens is 152 g/mol. The van der Waals surface area contributed by atoms with Gasteiger partial charge in [-0.2, -0.15) is 0 Å². The largest absolute Gasteiger partial charge is 0.361 e. The first kappa shape index (κ1) is 8.82. The Morgan fingerprint density at radius 1 is 1.75 bits per heavy atom. The van der Waals surface area contributed by atoms with Gasteiger partial charge in [-0.1, -0.05) is 11.1 Å². The Labute approximate surface area is 72.3 Å². The molecule has 0 unspecified atom stereocenters. The minimum Gasteiger partial charge on any atom is -0.361 e. The van der Waals surface area contributed by atoms with E-state index in [0.717, 1.165) is 18.0 Å². The monoisotopic (exact) mass is 164 g/mol. The molecule has 0 fully saturated rings. The normalized spacial score (nSPS) is 10.2. The molecule has 0 saturated heterocycles. The van der Waals surface area contributed by atoms with Crippen LogP contribution in [0, 0.1) is 19.3 Å². The molecule has 0 N–H and O–H groups in total. The van der Waals surface area contributed by atoms with Gasteiger partial charge in [-0.3, -0.25) is 4.90 Å². The lowest BCUT2D eigenvalue weighted by Gasteiger charge is -2.09. The van der Waals surface area contributed by atoms with E-state index in [1.807, 2.05) is 24.9 Å². The second-order valence-electron chi connectivity index (χ2n) is 2.81. The molecule has 0 aliphatic carbocycles. The van der Waals surface area contributed by atoms with Crippen molar-refractivity contribution in [1.82, 2.24) is 10.1 Å². The molecule has 3 heteroatoms. The maximum Gasteiger partial charge on any atom is 0.133 e. The molecule has 0 aromatic carbocycles. The second-order valence-corrected chi connectivity index (χ2v) is 2.81. The van der Waals surface area contributed by atoms with Crippen molar-refractivity contribution in [3.05, 3.63) is 17.5 Å². The maximum atomic E-state index is 5.15. The third kappa shape index (κ3) is 2.40. The lowest BCUT2D eigenvalue weighted by Crippen LogP contribution is -2.17. The summed E-state index contributed by atoms with van der Waals surface area (Å²) in [5.41, 5.74) is 0.922. The third-order valence-electron chi connectivity index (χ3n) is 1.47. The lowest BCUT2D eigenvalue weighted by atomic mass is 10.3. The van der Waals surface area contributed by atoms with E-state index < -0.39 is 0 Å². The lowest BCUT2D eigenvalue weighted by molar-refractivity contribution is 0.338. The number of rotatable bonds is 3. The smallest absolute Gasteiger partial charge is 0.133 e. The van der Waals surface area contributed by atoms with Crippen LogP contribution in [0.4, 0.5) is 0 Å². The Kier molecular flexibility index (Phi) is 2.89. The van der Waals surface area contributed by atoms with Crippen molar-refractivity contribution in [1.29, 1.82) is 0 Å². The highest BCUT2D eigenvalue weighted by atomic mass is 16.5. The first-order valence-corrected chi connectivity index (χ1v) is 3.76. The van der Waals surface area contributed by atoms with Crippen LogP contribution in [0.1, 0.15) is 11.5 Å². The predicted molar refractivity (Wildman–Crippen MR) is 46.4 cm³/mol. The average molecular weight is 164 g/mol. The van der Waals surface area contributed by atoms with E-state index in [-0.39, 0.29) is 0 Å². The minimum absolute atomic E-state index is 0.631. The van der Waals surface area contributed by atoms with E-state index in [4.69, 9.17) is 10.9 Å². The SMILES string of the molecule is C#CCN(C)Cc1cc(C)on1. The van der Waals surface area contributed by atoms with Gasteiger partial charge < -0.3 is 4.52 Å². The van der Waals surface area contributed by atoms with Crippen LogP contribution in [0.3, 0.4) is 0 Å². The van der Waals surface area contributed by atoms with Crippen LogP contribution in [0.2, 0.25) is 0 Å². The summed E-state index contributed by atoms with van der Waals surface area (Å²) in [5, 5.41) is 3.85. The van der Waals surface area contributed by atoms with Crippen molar-refractivity contribution >= 4 is 0 Å². The van der Waals surface area contributed by atoms with Gasteiger partial charge in [-0.25, -0.2) is 0 Å². The Morgan fingerprint density at radius 2 is 2.50 bits per heavy atom. The molecule has 12 heavy (non-hydrogen) atoms. The Morgan fingerprint density at radius 3 is 3.00 bits per heavy atom. The fraction of sp³-hybridized carbons (Fsp3) is 0.444. The quantitative estimate of drug-likeness (QED) is 0.625. The summed E-state index contributed by atoms with van der Waals surface area (Å²) < 4.78 is 4.92. The van der Waals surface area contributed by atoms with Crippen molar-refractivity contribution in [3.8, 4) is 12.3 Å². The van der Waals surface area contributed by atoms with E-state index in [9.17, 15) is 0 Å². The molecule has 1 aromatic rings. The summed E-state index contributed by atoms with van der Waals surface area (Å²) in [6.07, 6.45) is 5.15. The van der Waals surface area contributed by atoms with E-state index >= 15 is 0 Å². The van der Waals surface area contributed by atoms with Crippen molar-refractivity contribution < 1.29 is 4.52 Å². The predicted octanol–water partition coefficient (Wildman–Crippen LogP) is 1.05. The molecule has 0 amide bonds. The molecule has 0 bridgehead atoms. The molecule has 1 aromatic heterocycles. The van der Waals surface area contributed by atoms with Crippen LogP contribution < -0.4 is 0 Å². The van der Waals surface area contributed by atoms with Gasteiger partial charge in [0, 0.05) is 12.6 Å². The second kappa shape index (κ2) is 3.93. The molecule has 1 rings (SSSR count). The fourth-order valence-corrected chi connectivity index (χ4v) is 0.981. The van der Waals surface area contributed by atoms with Crippen molar-refractivity contribution in [3.63, 3.8) is 0 Å². The van der Waals surface area contributed by atoms with Gasteiger partial charge in [0.1, 0.15) is 5.76 Å². The van der Waals surface area contributed by atoms with Gasteiger partial charge in [-0.05, 0) is 14.0 Å². The standard InChI is InChI=1S/C9H12N2O/c1-4-5-11(3)7-9-6-8(2)12-10-9/h1,6H,5,7H2,2-3H3. The molecule has 3 nitrogen and oxygen atoms in total. The summed E-state index contributed by atoms with van der Waals surface area (Å²) >= 11 is 0. The number of hydrogen-bond donors (Lipinski definition) is 0. The number of aryl methyl sites for hydroxylation is 1. The highest BCUT2D eigenvalue weighted by molar-refractivity contribution is 5.03. The van der Waals surface area contributed by atoms with Crippen LogP contribution in [0.25, 0.3) is 0 Å².